The highest BCUT2D eigenvalue weighted by atomic mass is 16.5. The van der Waals surface area contributed by atoms with Gasteiger partial charge in [0.2, 0.25) is 17.7 Å². The summed E-state index contributed by atoms with van der Waals surface area (Å²) in [7, 11) is 1.52. The highest BCUT2D eigenvalue weighted by Crippen LogP contribution is 2.29. The molecule has 0 unspecified atom stereocenters. The van der Waals surface area contributed by atoms with Gasteiger partial charge in [0.15, 0.2) is 17.1 Å². The maximum absolute atomic E-state index is 13.6. The van der Waals surface area contributed by atoms with Crippen LogP contribution in [0.4, 0.5) is 0 Å². The number of carbonyl (C=O) groups is 5. The number of fused-ring (bicyclic) bond motifs is 1. The monoisotopic (exact) mass is 596 g/mol. The van der Waals surface area contributed by atoms with E-state index in [4.69, 9.17) is 9.15 Å². The SMILES string of the molecule is COc1cccc2cc(C(=O)N[C@H](C(=O)N[C@@H](CC3CCCCC3)C(=O)N[C@H](C=O)CC[C@@H]3CCNC3=O)C(C)C)oc12. The van der Waals surface area contributed by atoms with Crippen LogP contribution in [0.3, 0.4) is 0 Å². The Morgan fingerprint density at radius 2 is 1.84 bits per heavy atom. The number of benzene rings is 1. The van der Waals surface area contributed by atoms with E-state index in [-0.39, 0.29) is 29.4 Å². The summed E-state index contributed by atoms with van der Waals surface area (Å²) < 4.78 is 11.1. The maximum Gasteiger partial charge on any atom is 0.287 e. The molecule has 4 N–H and O–H groups in total. The number of furan rings is 1. The highest BCUT2D eigenvalue weighted by molar-refractivity contribution is 6.00. The number of ether oxygens (including phenoxy) is 1. The van der Waals surface area contributed by atoms with Crippen molar-refractivity contribution in [3.63, 3.8) is 0 Å². The molecule has 1 aliphatic heterocycles. The quantitative estimate of drug-likeness (QED) is 0.244. The lowest BCUT2D eigenvalue weighted by atomic mass is 9.84. The first-order valence-electron chi connectivity index (χ1n) is 15.4. The second-order valence-electron chi connectivity index (χ2n) is 12.1. The maximum atomic E-state index is 13.6. The summed E-state index contributed by atoms with van der Waals surface area (Å²) in [6, 6.07) is 4.34. The molecule has 2 aromatic rings. The van der Waals surface area contributed by atoms with Crippen molar-refractivity contribution in [2.24, 2.45) is 17.8 Å². The second kappa shape index (κ2) is 15.0. The minimum Gasteiger partial charge on any atom is -0.493 e. The van der Waals surface area contributed by atoms with E-state index in [2.05, 4.69) is 21.3 Å². The number of amides is 4. The third-order valence-corrected chi connectivity index (χ3v) is 8.60. The molecule has 1 saturated heterocycles. The van der Waals surface area contributed by atoms with E-state index in [0.717, 1.165) is 32.1 Å². The molecular weight excluding hydrogens is 552 g/mol. The number of carbonyl (C=O) groups excluding carboxylic acids is 5. The lowest BCUT2D eigenvalue weighted by Crippen LogP contribution is -2.56. The van der Waals surface area contributed by atoms with Gasteiger partial charge in [0.05, 0.1) is 13.2 Å². The summed E-state index contributed by atoms with van der Waals surface area (Å²) in [5.41, 5.74) is 0.434. The van der Waals surface area contributed by atoms with Crippen molar-refractivity contribution in [2.45, 2.75) is 89.8 Å². The van der Waals surface area contributed by atoms with Crippen molar-refractivity contribution in [1.29, 1.82) is 0 Å². The van der Waals surface area contributed by atoms with Crippen LogP contribution >= 0.6 is 0 Å². The van der Waals surface area contributed by atoms with Gasteiger partial charge in [0.1, 0.15) is 18.4 Å². The number of nitrogens with one attached hydrogen (secondary N) is 4. The minimum absolute atomic E-state index is 0.0260. The van der Waals surface area contributed by atoms with Gasteiger partial charge in [-0.25, -0.2) is 0 Å². The molecule has 1 saturated carbocycles. The van der Waals surface area contributed by atoms with Crippen molar-refractivity contribution < 1.29 is 33.1 Å². The summed E-state index contributed by atoms with van der Waals surface area (Å²) in [5.74, 6) is -1.17. The zero-order chi connectivity index (χ0) is 30.9. The van der Waals surface area contributed by atoms with Crippen LogP contribution in [0.2, 0.25) is 0 Å². The van der Waals surface area contributed by atoms with E-state index in [1.54, 1.807) is 24.3 Å². The Bertz CT molecular complexity index is 1300. The molecule has 234 valence electrons. The molecule has 2 fully saturated rings. The van der Waals surface area contributed by atoms with Crippen molar-refractivity contribution in [3.05, 3.63) is 30.0 Å². The standard InChI is InChI=1S/C32H44N4O7/c1-19(2)27(36-31(40)26-17-22-10-7-11-25(42-3)28(22)43-26)32(41)35-24(16-20-8-5-4-6-9-20)30(39)34-23(18-37)13-12-21-14-15-33-29(21)38/h7,10-11,17-21,23-24,27H,4-6,8-9,12-16H2,1-3H3,(H,33,38)(H,34,39)(H,35,41)(H,36,40)/t21-,23+,24+,27+/m1/s1. The molecule has 2 aliphatic rings. The first-order valence-corrected chi connectivity index (χ1v) is 15.4. The number of hydrogen-bond acceptors (Lipinski definition) is 7. The Labute approximate surface area is 252 Å². The molecule has 2 heterocycles. The summed E-state index contributed by atoms with van der Waals surface area (Å²) in [6.07, 6.45) is 7.88. The van der Waals surface area contributed by atoms with E-state index >= 15 is 0 Å². The van der Waals surface area contributed by atoms with Crippen LogP contribution in [0, 0.1) is 17.8 Å². The van der Waals surface area contributed by atoms with Crippen LogP contribution < -0.4 is 26.0 Å². The van der Waals surface area contributed by atoms with Crippen molar-refractivity contribution in [1.82, 2.24) is 21.3 Å². The van der Waals surface area contributed by atoms with Gasteiger partial charge in [0.25, 0.3) is 5.91 Å². The molecule has 11 nitrogen and oxygen atoms in total. The molecule has 11 heteroatoms. The van der Waals surface area contributed by atoms with Gasteiger partial charge in [-0.2, -0.15) is 0 Å². The lowest BCUT2D eigenvalue weighted by Gasteiger charge is -2.29. The number of para-hydroxylation sites is 1. The Hall–Kier alpha value is -3.89. The zero-order valence-corrected chi connectivity index (χ0v) is 25.3. The van der Waals surface area contributed by atoms with Gasteiger partial charge in [0, 0.05) is 17.8 Å². The molecule has 4 rings (SSSR count). The molecule has 1 aliphatic carbocycles. The van der Waals surface area contributed by atoms with E-state index < -0.39 is 35.8 Å². The molecule has 0 radical (unpaired) electrons. The largest absolute Gasteiger partial charge is 0.493 e. The minimum atomic E-state index is -0.938. The Morgan fingerprint density at radius 1 is 1.07 bits per heavy atom. The number of rotatable bonds is 14. The third-order valence-electron chi connectivity index (χ3n) is 8.60. The fraction of sp³-hybridized carbons (Fsp3) is 0.594. The van der Waals surface area contributed by atoms with Crippen LogP contribution in [-0.4, -0.2) is 61.7 Å². The van der Waals surface area contributed by atoms with Crippen molar-refractivity contribution in [3.8, 4) is 5.75 Å². The van der Waals surface area contributed by atoms with Crippen LogP contribution in [0.1, 0.15) is 82.2 Å². The number of hydrogen-bond donors (Lipinski definition) is 4. The van der Waals surface area contributed by atoms with Gasteiger partial charge in [-0.1, -0.05) is 58.1 Å². The van der Waals surface area contributed by atoms with Crippen molar-refractivity contribution >= 4 is 40.9 Å². The van der Waals surface area contributed by atoms with E-state index in [0.29, 0.717) is 55.2 Å². The number of aldehydes is 1. The van der Waals surface area contributed by atoms with Crippen LogP contribution in [-0.2, 0) is 19.2 Å². The van der Waals surface area contributed by atoms with Gasteiger partial charge >= 0.3 is 0 Å². The topological polar surface area (TPSA) is 156 Å². The van der Waals surface area contributed by atoms with E-state index in [1.807, 2.05) is 13.8 Å². The highest BCUT2D eigenvalue weighted by Gasteiger charge is 2.33. The molecule has 4 amide bonds. The average molecular weight is 597 g/mol. The molecule has 43 heavy (non-hydrogen) atoms. The van der Waals surface area contributed by atoms with E-state index in [1.165, 1.54) is 7.11 Å². The Morgan fingerprint density at radius 3 is 2.49 bits per heavy atom. The first kappa shape index (κ1) is 32.0. The third kappa shape index (κ3) is 8.36. The fourth-order valence-electron chi connectivity index (χ4n) is 6.06. The molecular formula is C32H44N4O7. The average Bonchev–Trinajstić information content (AvgIpc) is 3.63. The molecule has 0 spiro atoms. The van der Waals surface area contributed by atoms with Gasteiger partial charge in [-0.3, -0.25) is 19.2 Å². The van der Waals surface area contributed by atoms with Crippen LogP contribution in [0.5, 0.6) is 5.75 Å². The predicted octanol–water partition coefficient (Wildman–Crippen LogP) is 3.25. The zero-order valence-electron chi connectivity index (χ0n) is 25.3. The molecule has 4 atom stereocenters. The fourth-order valence-corrected chi connectivity index (χ4v) is 6.06. The van der Waals surface area contributed by atoms with Gasteiger partial charge in [-0.15, -0.1) is 0 Å². The number of methoxy groups -OCH3 is 1. The Kier molecular flexibility index (Phi) is 11.2. The predicted molar refractivity (Wildman–Crippen MR) is 160 cm³/mol. The normalized spacial score (nSPS) is 19.3. The lowest BCUT2D eigenvalue weighted by molar-refractivity contribution is -0.132. The van der Waals surface area contributed by atoms with Gasteiger partial charge < -0.3 is 35.2 Å². The van der Waals surface area contributed by atoms with Crippen LogP contribution in [0.25, 0.3) is 11.0 Å². The summed E-state index contributed by atoms with van der Waals surface area (Å²) >= 11 is 0. The second-order valence-corrected chi connectivity index (χ2v) is 12.1. The molecule has 1 aromatic heterocycles. The van der Waals surface area contributed by atoms with Crippen molar-refractivity contribution in [2.75, 3.05) is 13.7 Å². The summed E-state index contributed by atoms with van der Waals surface area (Å²) in [4.78, 5) is 64.1. The summed E-state index contributed by atoms with van der Waals surface area (Å²) in [6.45, 7) is 4.24. The van der Waals surface area contributed by atoms with Gasteiger partial charge in [-0.05, 0) is 49.7 Å². The summed E-state index contributed by atoms with van der Waals surface area (Å²) in [5, 5.41) is 11.9. The Balaban J connectivity index is 1.44. The smallest absolute Gasteiger partial charge is 0.287 e. The molecule has 1 aromatic carbocycles. The molecule has 0 bridgehead atoms. The van der Waals surface area contributed by atoms with E-state index in [9.17, 15) is 24.0 Å². The first-order chi connectivity index (χ1) is 20.7. The van der Waals surface area contributed by atoms with Crippen LogP contribution in [0.15, 0.2) is 28.7 Å².